The molecule has 0 saturated carbocycles. The lowest BCUT2D eigenvalue weighted by molar-refractivity contribution is 0.625. The van der Waals surface area contributed by atoms with Gasteiger partial charge in [-0.25, -0.2) is 4.39 Å². The molecule has 1 aromatic heterocycles. The summed E-state index contributed by atoms with van der Waals surface area (Å²) in [4.78, 5) is 4.21. The van der Waals surface area contributed by atoms with Crippen LogP contribution in [0.4, 0.5) is 21.5 Å². The fourth-order valence-corrected chi connectivity index (χ4v) is 2.53. The first-order valence-corrected chi connectivity index (χ1v) is 7.19. The summed E-state index contributed by atoms with van der Waals surface area (Å²) in [6.45, 7) is 0. The van der Waals surface area contributed by atoms with Gasteiger partial charge in [0.1, 0.15) is 6.07 Å². The van der Waals surface area contributed by atoms with Crippen molar-refractivity contribution >= 4 is 43.9 Å². The highest BCUT2D eigenvalue weighted by molar-refractivity contribution is 9.10. The number of benzene rings is 2. The normalized spacial score (nSPS) is 10.4. The lowest BCUT2D eigenvalue weighted by Gasteiger charge is -2.13. The fourth-order valence-electron chi connectivity index (χ4n) is 2.16. The Balaban J connectivity index is 2.22. The first-order valence-electron chi connectivity index (χ1n) is 6.39. The highest BCUT2D eigenvalue weighted by Gasteiger charge is 2.12. The zero-order chi connectivity index (χ0) is 15.7. The first-order chi connectivity index (χ1) is 10.6. The van der Waals surface area contributed by atoms with Gasteiger partial charge in [0.15, 0.2) is 5.82 Å². The summed E-state index contributed by atoms with van der Waals surface area (Å²) in [5.74, 6) is -0.430. The van der Waals surface area contributed by atoms with Crippen molar-refractivity contribution in [2.75, 3.05) is 11.1 Å². The molecule has 0 aliphatic carbocycles. The van der Waals surface area contributed by atoms with Gasteiger partial charge in [-0.05, 0) is 46.3 Å². The monoisotopic (exact) mass is 356 g/mol. The Morgan fingerprint density at radius 3 is 2.86 bits per heavy atom. The number of rotatable bonds is 2. The molecule has 0 spiro atoms. The Morgan fingerprint density at radius 2 is 2.09 bits per heavy atom. The van der Waals surface area contributed by atoms with Crippen LogP contribution in [0.2, 0.25) is 0 Å². The quantitative estimate of drug-likeness (QED) is 0.670. The lowest BCUT2D eigenvalue weighted by atomic mass is 10.1. The number of nitrogens with one attached hydrogen (secondary N) is 1. The molecule has 0 saturated heterocycles. The van der Waals surface area contributed by atoms with Crippen LogP contribution in [0.15, 0.2) is 47.1 Å². The van der Waals surface area contributed by atoms with Crippen LogP contribution in [-0.2, 0) is 0 Å². The van der Waals surface area contributed by atoms with E-state index in [1.54, 1.807) is 36.4 Å². The van der Waals surface area contributed by atoms with Crippen molar-refractivity contribution in [2.24, 2.45) is 0 Å². The minimum absolute atomic E-state index is 0.265. The molecule has 0 radical (unpaired) electrons. The van der Waals surface area contributed by atoms with Crippen molar-refractivity contribution in [1.29, 1.82) is 5.26 Å². The van der Waals surface area contributed by atoms with Gasteiger partial charge in [0.05, 0.1) is 26.9 Å². The van der Waals surface area contributed by atoms with E-state index < -0.39 is 5.82 Å². The number of nitriles is 1. The number of aromatic nitrogens is 1. The van der Waals surface area contributed by atoms with Crippen molar-refractivity contribution in [3.8, 4) is 6.07 Å². The summed E-state index contributed by atoms with van der Waals surface area (Å²) >= 11 is 3.14. The molecule has 0 bridgehead atoms. The highest BCUT2D eigenvalue weighted by atomic mass is 79.9. The maximum absolute atomic E-state index is 14.2. The number of anilines is 3. The average Bonchev–Trinajstić information content (AvgIpc) is 2.52. The number of halogens is 2. The van der Waals surface area contributed by atoms with E-state index in [-0.39, 0.29) is 5.69 Å². The van der Waals surface area contributed by atoms with Gasteiger partial charge in [0.25, 0.3) is 0 Å². The van der Waals surface area contributed by atoms with Gasteiger partial charge in [-0.1, -0.05) is 6.07 Å². The fraction of sp³-hybridized carbons (Fsp3) is 0. The van der Waals surface area contributed by atoms with E-state index in [4.69, 9.17) is 5.73 Å². The van der Waals surface area contributed by atoms with Crippen molar-refractivity contribution in [2.45, 2.75) is 0 Å². The second kappa shape index (κ2) is 5.62. The Labute approximate surface area is 134 Å². The SMILES string of the molecule is N#Cc1cnc2ccc(N)cc2c1Nc1cccc(Br)c1F. The summed E-state index contributed by atoms with van der Waals surface area (Å²) < 4.78 is 14.5. The second-order valence-electron chi connectivity index (χ2n) is 4.66. The zero-order valence-corrected chi connectivity index (χ0v) is 12.9. The number of nitrogens with zero attached hydrogens (tertiary/aromatic N) is 2. The van der Waals surface area contributed by atoms with Gasteiger partial charge in [0, 0.05) is 17.3 Å². The molecule has 3 aromatic rings. The summed E-state index contributed by atoms with van der Waals surface area (Å²) in [5.41, 5.74) is 8.09. The van der Waals surface area contributed by atoms with E-state index in [0.29, 0.717) is 32.3 Å². The Kier molecular flexibility index (Phi) is 3.65. The predicted octanol–water partition coefficient (Wildman–Crippen LogP) is 4.33. The summed E-state index contributed by atoms with van der Waals surface area (Å²) in [5, 5.41) is 12.9. The van der Waals surface area contributed by atoms with Gasteiger partial charge in [0.2, 0.25) is 0 Å². The molecule has 3 N–H and O–H groups in total. The van der Waals surface area contributed by atoms with E-state index >= 15 is 0 Å². The molecular weight excluding hydrogens is 347 g/mol. The standard InChI is InChI=1S/C16H10BrFN4/c17-12-2-1-3-14(15(12)18)22-16-9(7-19)8-21-13-5-4-10(20)6-11(13)16/h1-6,8H,20H2,(H,21,22). The molecule has 108 valence electrons. The Bertz CT molecular complexity index is 918. The first kappa shape index (κ1) is 14.3. The van der Waals surface area contributed by atoms with Crippen LogP contribution in [0.3, 0.4) is 0 Å². The van der Waals surface area contributed by atoms with Gasteiger partial charge in [-0.2, -0.15) is 5.26 Å². The molecule has 4 nitrogen and oxygen atoms in total. The molecular formula is C16H10BrFN4. The third-order valence-corrected chi connectivity index (χ3v) is 3.84. The number of pyridine rings is 1. The van der Waals surface area contributed by atoms with Crippen molar-refractivity contribution < 1.29 is 4.39 Å². The number of fused-ring (bicyclic) bond motifs is 1. The highest BCUT2D eigenvalue weighted by Crippen LogP contribution is 2.32. The second-order valence-corrected chi connectivity index (χ2v) is 5.52. The van der Waals surface area contributed by atoms with Crippen molar-refractivity contribution in [3.05, 3.63) is 58.4 Å². The third kappa shape index (κ3) is 2.47. The average molecular weight is 357 g/mol. The van der Waals surface area contributed by atoms with E-state index in [2.05, 4.69) is 32.3 Å². The van der Waals surface area contributed by atoms with Gasteiger partial charge in [-0.3, -0.25) is 4.98 Å². The number of nitrogens with two attached hydrogens (primary N) is 1. The Hall–Kier alpha value is -2.65. The molecule has 3 rings (SSSR count). The molecule has 0 amide bonds. The molecule has 0 aliphatic heterocycles. The van der Waals surface area contributed by atoms with Gasteiger partial charge >= 0.3 is 0 Å². The van der Waals surface area contributed by atoms with Crippen molar-refractivity contribution in [3.63, 3.8) is 0 Å². The zero-order valence-electron chi connectivity index (χ0n) is 11.3. The third-order valence-electron chi connectivity index (χ3n) is 3.22. The van der Waals surface area contributed by atoms with Crippen LogP contribution in [0, 0.1) is 17.1 Å². The molecule has 0 aliphatic rings. The summed E-state index contributed by atoms with van der Waals surface area (Å²) in [6, 6.07) is 12.2. The molecule has 2 aromatic carbocycles. The van der Waals surface area contributed by atoms with Crippen molar-refractivity contribution in [1.82, 2.24) is 4.98 Å². The van der Waals surface area contributed by atoms with E-state index in [9.17, 15) is 9.65 Å². The largest absolute Gasteiger partial charge is 0.399 e. The van der Waals surface area contributed by atoms with E-state index in [1.165, 1.54) is 6.20 Å². The smallest absolute Gasteiger partial charge is 0.160 e. The minimum Gasteiger partial charge on any atom is -0.399 e. The molecule has 1 heterocycles. The number of hydrogen-bond acceptors (Lipinski definition) is 4. The molecule has 0 fully saturated rings. The van der Waals surface area contributed by atoms with Crippen LogP contribution in [0.5, 0.6) is 0 Å². The van der Waals surface area contributed by atoms with Crippen LogP contribution in [-0.4, -0.2) is 4.98 Å². The minimum atomic E-state index is -0.430. The van der Waals surface area contributed by atoms with Crippen LogP contribution in [0.1, 0.15) is 5.56 Å². The van der Waals surface area contributed by atoms with E-state index in [0.717, 1.165) is 0 Å². The lowest BCUT2D eigenvalue weighted by Crippen LogP contribution is -1.99. The molecule has 0 atom stereocenters. The molecule has 22 heavy (non-hydrogen) atoms. The number of nitrogen functional groups attached to an aromatic ring is 1. The Morgan fingerprint density at radius 1 is 1.27 bits per heavy atom. The van der Waals surface area contributed by atoms with E-state index in [1.807, 2.05) is 0 Å². The molecule has 6 heteroatoms. The maximum atomic E-state index is 14.2. The van der Waals surface area contributed by atoms with Gasteiger partial charge in [-0.15, -0.1) is 0 Å². The van der Waals surface area contributed by atoms with Crippen LogP contribution < -0.4 is 11.1 Å². The van der Waals surface area contributed by atoms with Gasteiger partial charge < -0.3 is 11.1 Å². The number of hydrogen-bond donors (Lipinski definition) is 2. The predicted molar refractivity (Wildman–Crippen MR) is 88.3 cm³/mol. The molecule has 0 unspecified atom stereocenters. The maximum Gasteiger partial charge on any atom is 0.160 e. The summed E-state index contributed by atoms with van der Waals surface area (Å²) in [7, 11) is 0. The van der Waals surface area contributed by atoms with Crippen LogP contribution >= 0.6 is 15.9 Å². The van der Waals surface area contributed by atoms with Crippen LogP contribution in [0.25, 0.3) is 10.9 Å². The topological polar surface area (TPSA) is 74.7 Å². The summed E-state index contributed by atoms with van der Waals surface area (Å²) in [6.07, 6.45) is 1.46.